The number of hydrogen-bond donors (Lipinski definition) is 4. The second kappa shape index (κ2) is 9.07. The number of carbonyl (C=O) groups excluding carboxylic acids is 1. The lowest BCUT2D eigenvalue weighted by Gasteiger charge is -2.21. The molecule has 3 atom stereocenters. The van der Waals surface area contributed by atoms with Crippen LogP contribution in [0.25, 0.3) is 0 Å². The molecule has 1 aromatic rings. The maximum absolute atomic E-state index is 11.9. The van der Waals surface area contributed by atoms with Crippen LogP contribution in [0.5, 0.6) is 0 Å². The van der Waals surface area contributed by atoms with Crippen molar-refractivity contribution in [3.8, 4) is 0 Å². The first kappa shape index (κ1) is 18.9. The van der Waals surface area contributed by atoms with Crippen molar-refractivity contribution in [3.63, 3.8) is 0 Å². The van der Waals surface area contributed by atoms with Gasteiger partial charge in [0.15, 0.2) is 8.03 Å². The fourth-order valence-electron chi connectivity index (χ4n) is 2.07. The number of rotatable bonds is 9. The molecule has 1 aromatic carbocycles. The van der Waals surface area contributed by atoms with Crippen LogP contribution in [0.3, 0.4) is 0 Å². The lowest BCUT2D eigenvalue weighted by atomic mass is 9.99. The Morgan fingerprint density at radius 3 is 2.22 bits per heavy atom. The van der Waals surface area contributed by atoms with Crippen LogP contribution in [0.2, 0.25) is 0 Å². The van der Waals surface area contributed by atoms with Crippen LogP contribution in [0.4, 0.5) is 0 Å². The maximum atomic E-state index is 11.9. The average molecular weight is 343 g/mol. The van der Waals surface area contributed by atoms with E-state index in [9.17, 15) is 23.8 Å². The topological polar surface area (TPSA) is 141 Å². The molecule has 23 heavy (non-hydrogen) atoms. The van der Waals surface area contributed by atoms with Gasteiger partial charge in [0.1, 0.15) is 0 Å². The molecule has 126 valence electrons. The first-order valence-electron chi connectivity index (χ1n) is 6.83. The SMILES string of the molecule is O=C(O)CCC(C(=O)O)C(CNC(=O)c1ccccc1)[PH](=O)O. The molecule has 0 radical (unpaired) electrons. The van der Waals surface area contributed by atoms with Gasteiger partial charge in [-0.1, -0.05) is 18.2 Å². The number of nitrogens with one attached hydrogen (secondary N) is 1. The number of benzene rings is 1. The number of carboxylic acid groups (broad SMARTS) is 2. The molecule has 1 rings (SSSR count). The highest BCUT2D eigenvalue weighted by Crippen LogP contribution is 2.31. The smallest absolute Gasteiger partial charge is 0.307 e. The summed E-state index contributed by atoms with van der Waals surface area (Å²) in [6.07, 6.45) is -0.719. The highest BCUT2D eigenvalue weighted by atomic mass is 31.1. The molecule has 0 saturated heterocycles. The van der Waals surface area contributed by atoms with E-state index in [2.05, 4.69) is 5.32 Å². The zero-order valence-corrected chi connectivity index (χ0v) is 13.1. The number of carbonyl (C=O) groups is 3. The number of amides is 1. The summed E-state index contributed by atoms with van der Waals surface area (Å²) in [5.41, 5.74) is -0.897. The monoisotopic (exact) mass is 343 g/mol. The normalized spacial score (nSPS) is 14.5. The quantitative estimate of drug-likeness (QED) is 0.486. The number of hydrogen-bond acceptors (Lipinski definition) is 4. The van der Waals surface area contributed by atoms with Gasteiger partial charge in [-0.15, -0.1) is 0 Å². The summed E-state index contributed by atoms with van der Waals surface area (Å²) in [4.78, 5) is 43.1. The summed E-state index contributed by atoms with van der Waals surface area (Å²) in [6, 6.07) is 8.11. The van der Waals surface area contributed by atoms with Crippen LogP contribution < -0.4 is 5.32 Å². The molecule has 0 saturated carbocycles. The van der Waals surface area contributed by atoms with Crippen LogP contribution >= 0.6 is 8.03 Å². The lowest BCUT2D eigenvalue weighted by Crippen LogP contribution is -2.37. The van der Waals surface area contributed by atoms with Gasteiger partial charge >= 0.3 is 11.9 Å². The number of aliphatic carboxylic acids is 2. The molecule has 0 aliphatic carbocycles. The van der Waals surface area contributed by atoms with Crippen LogP contribution in [-0.4, -0.2) is 45.2 Å². The Kier molecular flexibility index (Phi) is 7.44. The molecule has 1 amide bonds. The zero-order chi connectivity index (χ0) is 17.4. The highest BCUT2D eigenvalue weighted by molar-refractivity contribution is 7.39. The van der Waals surface area contributed by atoms with Gasteiger partial charge in [0.05, 0.1) is 11.6 Å². The van der Waals surface area contributed by atoms with Crippen molar-refractivity contribution in [1.82, 2.24) is 5.32 Å². The van der Waals surface area contributed by atoms with Crippen molar-refractivity contribution in [3.05, 3.63) is 35.9 Å². The summed E-state index contributed by atoms with van der Waals surface area (Å²) in [5, 5.41) is 20.2. The van der Waals surface area contributed by atoms with Gasteiger partial charge in [0, 0.05) is 18.5 Å². The fraction of sp³-hybridized carbons (Fsp3) is 0.357. The third-order valence-corrected chi connectivity index (χ3v) is 4.55. The predicted octanol–water partition coefficient (Wildman–Crippen LogP) is 0.818. The van der Waals surface area contributed by atoms with Gasteiger partial charge in [0.2, 0.25) is 0 Å². The van der Waals surface area contributed by atoms with Crippen molar-refractivity contribution in [1.29, 1.82) is 0 Å². The molecule has 0 fully saturated rings. The molecule has 0 spiro atoms. The predicted molar refractivity (Wildman–Crippen MR) is 81.8 cm³/mol. The van der Waals surface area contributed by atoms with E-state index in [0.717, 1.165) is 0 Å². The summed E-state index contributed by atoms with van der Waals surface area (Å²) in [5.74, 6) is -4.38. The summed E-state index contributed by atoms with van der Waals surface area (Å²) in [7, 11) is -3.28. The van der Waals surface area contributed by atoms with Crippen molar-refractivity contribution in [2.45, 2.75) is 18.5 Å². The standard InChI is InChI=1S/C14H18NO7P/c16-12(17)7-6-10(14(19)20)11(23(21)22)8-15-13(18)9-4-2-1-3-5-9/h1-5,10-11,23H,6-8H2,(H,15,18)(H,16,17)(H,19,20)(H,21,22). The van der Waals surface area contributed by atoms with Gasteiger partial charge in [-0.2, -0.15) is 0 Å². The Morgan fingerprint density at radius 1 is 1.13 bits per heavy atom. The van der Waals surface area contributed by atoms with Crippen LogP contribution in [0, 0.1) is 5.92 Å². The minimum atomic E-state index is -3.28. The van der Waals surface area contributed by atoms with E-state index in [1.54, 1.807) is 30.3 Å². The Morgan fingerprint density at radius 2 is 1.74 bits per heavy atom. The van der Waals surface area contributed by atoms with Crippen molar-refractivity contribution >= 4 is 25.9 Å². The van der Waals surface area contributed by atoms with E-state index in [-0.39, 0.29) is 13.0 Å². The maximum Gasteiger partial charge on any atom is 0.307 e. The van der Waals surface area contributed by atoms with Crippen LogP contribution in [0.1, 0.15) is 23.2 Å². The highest BCUT2D eigenvalue weighted by Gasteiger charge is 2.32. The third-order valence-electron chi connectivity index (χ3n) is 3.31. The van der Waals surface area contributed by atoms with Crippen molar-refractivity contribution in [2.75, 3.05) is 6.54 Å². The van der Waals surface area contributed by atoms with Crippen LogP contribution in [0.15, 0.2) is 30.3 Å². The van der Waals surface area contributed by atoms with Gasteiger partial charge in [-0.25, -0.2) is 0 Å². The third kappa shape index (κ3) is 6.22. The Balaban J connectivity index is 2.76. The van der Waals surface area contributed by atoms with Gasteiger partial charge in [-0.05, 0) is 18.6 Å². The van der Waals surface area contributed by atoms with E-state index in [1.807, 2.05) is 0 Å². The minimum Gasteiger partial charge on any atom is -0.481 e. The Labute approximate surface area is 133 Å². The van der Waals surface area contributed by atoms with E-state index in [4.69, 9.17) is 10.2 Å². The molecule has 9 heteroatoms. The van der Waals surface area contributed by atoms with E-state index in [0.29, 0.717) is 5.56 Å². The van der Waals surface area contributed by atoms with E-state index < -0.39 is 43.9 Å². The molecule has 0 heterocycles. The summed E-state index contributed by atoms with van der Waals surface area (Å²) >= 11 is 0. The van der Waals surface area contributed by atoms with Gasteiger partial charge in [0.25, 0.3) is 5.91 Å². The van der Waals surface area contributed by atoms with Crippen LogP contribution in [-0.2, 0) is 14.2 Å². The molecular weight excluding hydrogens is 325 g/mol. The molecular formula is C14H18NO7P. The average Bonchev–Trinajstić information content (AvgIpc) is 2.50. The second-order valence-corrected chi connectivity index (χ2v) is 6.32. The van der Waals surface area contributed by atoms with Gasteiger partial charge in [-0.3, -0.25) is 18.9 Å². The second-order valence-electron chi connectivity index (χ2n) is 4.90. The Bertz CT molecular complexity index is 590. The van der Waals surface area contributed by atoms with E-state index in [1.165, 1.54) is 0 Å². The fourth-order valence-corrected chi connectivity index (χ4v) is 3.00. The van der Waals surface area contributed by atoms with Crippen molar-refractivity contribution in [2.24, 2.45) is 5.92 Å². The molecule has 0 bridgehead atoms. The first-order chi connectivity index (χ1) is 10.8. The molecule has 0 aliphatic rings. The first-order valence-corrected chi connectivity index (χ1v) is 8.27. The summed E-state index contributed by atoms with van der Waals surface area (Å²) < 4.78 is 11.5. The largest absolute Gasteiger partial charge is 0.481 e. The molecule has 8 nitrogen and oxygen atoms in total. The number of carboxylic acids is 2. The Hall–Kier alpha value is -2.18. The van der Waals surface area contributed by atoms with Gasteiger partial charge < -0.3 is 20.4 Å². The molecule has 4 N–H and O–H groups in total. The van der Waals surface area contributed by atoms with E-state index >= 15 is 0 Å². The van der Waals surface area contributed by atoms with Crippen molar-refractivity contribution < 1.29 is 34.1 Å². The molecule has 3 unspecified atom stereocenters. The lowest BCUT2D eigenvalue weighted by molar-refractivity contribution is -0.143. The summed E-state index contributed by atoms with van der Waals surface area (Å²) in [6.45, 7) is -0.321. The molecule has 0 aromatic heterocycles. The molecule has 0 aliphatic heterocycles. The zero-order valence-electron chi connectivity index (χ0n) is 12.1. The minimum absolute atomic E-state index is 0.284.